The van der Waals surface area contributed by atoms with Crippen molar-refractivity contribution in [3.63, 3.8) is 0 Å². The molecule has 0 aliphatic rings. The van der Waals surface area contributed by atoms with Crippen molar-refractivity contribution < 1.29 is 28.5 Å². The summed E-state index contributed by atoms with van der Waals surface area (Å²) in [6.45, 7) is 2.43. The summed E-state index contributed by atoms with van der Waals surface area (Å²) in [6.07, 6.45) is 0.653. The Hall–Kier alpha value is -3.22. The molecule has 150 valence electrons. The van der Waals surface area contributed by atoms with Crippen molar-refractivity contribution >= 4 is 11.9 Å². The highest BCUT2D eigenvalue weighted by Gasteiger charge is 2.08. The molecule has 2 rings (SSSR count). The maximum atomic E-state index is 11.9. The van der Waals surface area contributed by atoms with Gasteiger partial charge in [-0.3, -0.25) is 4.79 Å². The minimum atomic E-state index is -0.387. The highest BCUT2D eigenvalue weighted by atomic mass is 16.5. The summed E-state index contributed by atoms with van der Waals surface area (Å²) < 4.78 is 20.8. The molecule has 1 N–H and O–H groups in total. The molecule has 2 aromatic rings. The van der Waals surface area contributed by atoms with Crippen molar-refractivity contribution in [2.45, 2.75) is 13.3 Å². The Labute approximate surface area is 164 Å². The van der Waals surface area contributed by atoms with Crippen LogP contribution in [-0.4, -0.2) is 45.9 Å². The summed E-state index contributed by atoms with van der Waals surface area (Å²) in [5, 5.41) is 2.80. The zero-order valence-electron chi connectivity index (χ0n) is 16.3. The van der Waals surface area contributed by atoms with Gasteiger partial charge in [-0.1, -0.05) is 6.07 Å². The molecule has 0 unspecified atom stereocenters. The first-order valence-corrected chi connectivity index (χ1v) is 8.95. The second-order valence-corrected chi connectivity index (χ2v) is 5.82. The molecule has 0 atom stereocenters. The third kappa shape index (κ3) is 6.19. The highest BCUT2D eigenvalue weighted by molar-refractivity contribution is 5.89. The maximum absolute atomic E-state index is 11.9. The molecule has 0 spiro atoms. The van der Waals surface area contributed by atoms with E-state index < -0.39 is 0 Å². The third-order valence-corrected chi connectivity index (χ3v) is 3.92. The van der Waals surface area contributed by atoms with Crippen LogP contribution in [0.25, 0.3) is 0 Å². The summed E-state index contributed by atoms with van der Waals surface area (Å²) in [4.78, 5) is 23.5. The van der Waals surface area contributed by atoms with Gasteiger partial charge < -0.3 is 24.3 Å². The molecule has 0 saturated heterocycles. The van der Waals surface area contributed by atoms with Crippen LogP contribution in [0.4, 0.5) is 0 Å². The quantitative estimate of drug-likeness (QED) is 0.631. The SMILES string of the molecule is CCOC(=O)c1ccc(OCC(=O)NCCc2ccc(OC)c(OC)c2)cc1. The fraction of sp³-hybridized carbons (Fsp3) is 0.333. The van der Waals surface area contributed by atoms with Crippen molar-refractivity contribution in [3.8, 4) is 17.2 Å². The van der Waals surface area contributed by atoms with Gasteiger partial charge in [-0.05, 0) is 55.3 Å². The molecule has 2 aromatic carbocycles. The smallest absolute Gasteiger partial charge is 0.338 e. The van der Waals surface area contributed by atoms with E-state index in [4.69, 9.17) is 18.9 Å². The first-order chi connectivity index (χ1) is 13.6. The molecule has 0 bridgehead atoms. The lowest BCUT2D eigenvalue weighted by Crippen LogP contribution is -2.30. The Kier molecular flexibility index (Phi) is 8.14. The zero-order valence-corrected chi connectivity index (χ0v) is 16.3. The van der Waals surface area contributed by atoms with Crippen LogP contribution in [-0.2, 0) is 16.0 Å². The minimum Gasteiger partial charge on any atom is -0.493 e. The van der Waals surface area contributed by atoms with E-state index >= 15 is 0 Å². The molecule has 1 amide bonds. The highest BCUT2D eigenvalue weighted by Crippen LogP contribution is 2.27. The number of hydrogen-bond donors (Lipinski definition) is 1. The summed E-state index contributed by atoms with van der Waals surface area (Å²) in [6, 6.07) is 12.1. The summed E-state index contributed by atoms with van der Waals surface area (Å²) >= 11 is 0. The minimum absolute atomic E-state index is 0.106. The van der Waals surface area contributed by atoms with Gasteiger partial charge in [-0.25, -0.2) is 4.79 Å². The number of ether oxygens (including phenoxy) is 4. The van der Waals surface area contributed by atoms with E-state index in [0.29, 0.717) is 42.4 Å². The second kappa shape index (κ2) is 10.8. The molecule has 28 heavy (non-hydrogen) atoms. The van der Waals surface area contributed by atoms with Crippen LogP contribution in [0.2, 0.25) is 0 Å². The molecule has 0 saturated carbocycles. The van der Waals surface area contributed by atoms with Crippen molar-refractivity contribution in [2.24, 2.45) is 0 Å². The predicted molar refractivity (Wildman–Crippen MR) is 104 cm³/mol. The van der Waals surface area contributed by atoms with Crippen LogP contribution in [0.1, 0.15) is 22.8 Å². The van der Waals surface area contributed by atoms with Gasteiger partial charge in [0.15, 0.2) is 18.1 Å². The number of esters is 1. The van der Waals surface area contributed by atoms with E-state index in [9.17, 15) is 9.59 Å². The zero-order chi connectivity index (χ0) is 20.4. The Morgan fingerprint density at radius 3 is 2.32 bits per heavy atom. The number of nitrogens with one attached hydrogen (secondary N) is 1. The van der Waals surface area contributed by atoms with Gasteiger partial charge in [0.1, 0.15) is 5.75 Å². The Morgan fingerprint density at radius 1 is 0.964 bits per heavy atom. The lowest BCUT2D eigenvalue weighted by Gasteiger charge is -2.10. The molecular weight excluding hydrogens is 362 g/mol. The maximum Gasteiger partial charge on any atom is 0.338 e. The van der Waals surface area contributed by atoms with Crippen LogP contribution in [0.3, 0.4) is 0 Å². The predicted octanol–water partition coefficient (Wildman–Crippen LogP) is 2.62. The first kappa shape index (κ1) is 21.1. The largest absolute Gasteiger partial charge is 0.493 e. The Bertz CT molecular complexity index is 788. The van der Waals surface area contributed by atoms with Gasteiger partial charge >= 0.3 is 5.97 Å². The standard InChI is InChI=1S/C21H25NO6/c1-4-27-21(24)16-6-8-17(9-7-16)28-14-20(23)22-12-11-15-5-10-18(25-2)19(13-15)26-3/h5-10,13H,4,11-12,14H2,1-3H3,(H,22,23). The van der Waals surface area contributed by atoms with Gasteiger partial charge in [-0.15, -0.1) is 0 Å². The Morgan fingerprint density at radius 2 is 1.68 bits per heavy atom. The van der Waals surface area contributed by atoms with Crippen LogP contribution in [0.15, 0.2) is 42.5 Å². The molecule has 0 fully saturated rings. The van der Waals surface area contributed by atoms with E-state index in [0.717, 1.165) is 5.56 Å². The van der Waals surface area contributed by atoms with Crippen molar-refractivity contribution in [1.29, 1.82) is 0 Å². The third-order valence-electron chi connectivity index (χ3n) is 3.92. The van der Waals surface area contributed by atoms with E-state index in [1.165, 1.54) is 0 Å². The summed E-state index contributed by atoms with van der Waals surface area (Å²) in [5.41, 5.74) is 1.46. The van der Waals surface area contributed by atoms with Gasteiger partial charge in [-0.2, -0.15) is 0 Å². The van der Waals surface area contributed by atoms with Crippen molar-refractivity contribution in [1.82, 2.24) is 5.32 Å². The van der Waals surface area contributed by atoms with E-state index in [1.807, 2.05) is 18.2 Å². The van der Waals surface area contributed by atoms with Crippen molar-refractivity contribution in [2.75, 3.05) is 34.0 Å². The molecule has 7 heteroatoms. The van der Waals surface area contributed by atoms with Gasteiger partial charge in [0, 0.05) is 6.54 Å². The van der Waals surface area contributed by atoms with Crippen LogP contribution in [0, 0.1) is 0 Å². The number of carbonyl (C=O) groups excluding carboxylic acids is 2. The van der Waals surface area contributed by atoms with Gasteiger partial charge in [0.05, 0.1) is 26.4 Å². The number of methoxy groups -OCH3 is 2. The second-order valence-electron chi connectivity index (χ2n) is 5.82. The average Bonchev–Trinajstić information content (AvgIpc) is 2.72. The molecule has 0 heterocycles. The monoisotopic (exact) mass is 387 g/mol. The number of hydrogen-bond acceptors (Lipinski definition) is 6. The van der Waals surface area contributed by atoms with E-state index in [-0.39, 0.29) is 18.5 Å². The van der Waals surface area contributed by atoms with E-state index in [1.54, 1.807) is 45.4 Å². The topological polar surface area (TPSA) is 83.1 Å². The van der Waals surface area contributed by atoms with Crippen LogP contribution >= 0.6 is 0 Å². The van der Waals surface area contributed by atoms with E-state index in [2.05, 4.69) is 5.32 Å². The molecule has 0 radical (unpaired) electrons. The fourth-order valence-corrected chi connectivity index (χ4v) is 2.48. The fourth-order valence-electron chi connectivity index (χ4n) is 2.48. The average molecular weight is 387 g/mol. The van der Waals surface area contributed by atoms with Gasteiger partial charge in [0.2, 0.25) is 0 Å². The Balaban J connectivity index is 1.75. The number of rotatable bonds is 10. The summed E-state index contributed by atoms with van der Waals surface area (Å²) in [5.74, 6) is 1.21. The number of amides is 1. The molecule has 0 aliphatic heterocycles. The van der Waals surface area contributed by atoms with Crippen LogP contribution < -0.4 is 19.5 Å². The summed E-state index contributed by atoms with van der Waals surface area (Å²) in [7, 11) is 3.17. The normalized spacial score (nSPS) is 10.1. The van der Waals surface area contributed by atoms with Crippen molar-refractivity contribution in [3.05, 3.63) is 53.6 Å². The number of benzene rings is 2. The first-order valence-electron chi connectivity index (χ1n) is 8.95. The number of carbonyl (C=O) groups is 2. The molecular formula is C21H25NO6. The molecule has 0 aromatic heterocycles. The lowest BCUT2D eigenvalue weighted by atomic mass is 10.1. The molecule has 7 nitrogen and oxygen atoms in total. The lowest BCUT2D eigenvalue weighted by molar-refractivity contribution is -0.123. The van der Waals surface area contributed by atoms with Crippen LogP contribution in [0.5, 0.6) is 17.2 Å². The van der Waals surface area contributed by atoms with Gasteiger partial charge in [0.25, 0.3) is 5.91 Å². The molecule has 0 aliphatic carbocycles.